The van der Waals surface area contributed by atoms with Gasteiger partial charge in [-0.3, -0.25) is 4.90 Å². The molecule has 6 nitrogen and oxygen atoms in total. The zero-order valence-electron chi connectivity index (χ0n) is 16.5. The summed E-state index contributed by atoms with van der Waals surface area (Å²) in [7, 11) is 2.84. The van der Waals surface area contributed by atoms with Crippen LogP contribution in [-0.2, 0) is 11.2 Å². The zero-order chi connectivity index (χ0) is 20.1. The molecule has 0 fully saturated rings. The lowest BCUT2D eigenvalue weighted by molar-refractivity contribution is 0.0471. The van der Waals surface area contributed by atoms with Gasteiger partial charge in [0.25, 0.3) is 0 Å². The van der Waals surface area contributed by atoms with Crippen LogP contribution >= 0.6 is 11.3 Å². The Balaban J connectivity index is 1.60. The van der Waals surface area contributed by atoms with Gasteiger partial charge in [-0.05, 0) is 48.1 Å². The van der Waals surface area contributed by atoms with Crippen LogP contribution in [0.3, 0.4) is 0 Å². The van der Waals surface area contributed by atoms with Gasteiger partial charge in [-0.1, -0.05) is 6.92 Å². The number of hydrogen-bond donors (Lipinski definition) is 1. The van der Waals surface area contributed by atoms with Gasteiger partial charge < -0.3 is 19.3 Å². The second-order valence-electron chi connectivity index (χ2n) is 6.79. The number of methoxy groups -OCH3 is 2. The maximum Gasteiger partial charge on any atom is 0.337 e. The molecule has 2 heterocycles. The highest BCUT2D eigenvalue weighted by atomic mass is 32.1. The van der Waals surface area contributed by atoms with Crippen molar-refractivity contribution in [3.63, 3.8) is 0 Å². The molecule has 1 aliphatic rings. The highest BCUT2D eigenvalue weighted by Gasteiger charge is 2.28. The number of rotatable bonds is 8. The van der Waals surface area contributed by atoms with Crippen LogP contribution in [0.15, 0.2) is 29.6 Å². The van der Waals surface area contributed by atoms with Crippen molar-refractivity contribution < 1.29 is 24.1 Å². The quantitative estimate of drug-likeness (QED) is 0.680. The number of esters is 1. The Morgan fingerprint density at radius 2 is 2.14 bits per heavy atom. The van der Waals surface area contributed by atoms with Crippen LogP contribution in [0.1, 0.15) is 40.2 Å². The maximum absolute atomic E-state index is 11.6. The van der Waals surface area contributed by atoms with Crippen molar-refractivity contribution in [2.75, 3.05) is 33.9 Å². The van der Waals surface area contributed by atoms with E-state index in [1.54, 1.807) is 18.2 Å². The lowest BCUT2D eigenvalue weighted by atomic mass is 9.97. The van der Waals surface area contributed by atoms with Gasteiger partial charge in [-0.15, -0.1) is 11.3 Å². The first kappa shape index (κ1) is 20.6. The van der Waals surface area contributed by atoms with Crippen molar-refractivity contribution in [1.82, 2.24) is 4.90 Å². The molecule has 1 aromatic heterocycles. The van der Waals surface area contributed by atoms with E-state index < -0.39 is 12.1 Å². The van der Waals surface area contributed by atoms with E-state index >= 15 is 0 Å². The van der Waals surface area contributed by atoms with Crippen molar-refractivity contribution in [2.45, 2.75) is 31.9 Å². The molecule has 0 amide bonds. The van der Waals surface area contributed by atoms with Gasteiger partial charge in [-0.2, -0.15) is 0 Å². The Kier molecular flexibility index (Phi) is 6.93. The highest BCUT2D eigenvalue weighted by Crippen LogP contribution is 2.35. The summed E-state index contributed by atoms with van der Waals surface area (Å²) in [5, 5.41) is 12.7. The molecule has 28 heavy (non-hydrogen) atoms. The number of hydrogen-bond acceptors (Lipinski definition) is 7. The molecule has 3 rings (SSSR count). The summed E-state index contributed by atoms with van der Waals surface area (Å²) in [5.41, 5.74) is 1.78. The summed E-state index contributed by atoms with van der Waals surface area (Å²) < 4.78 is 15.8. The molecular formula is C21H27NO5S. The minimum absolute atomic E-state index is 0.150. The topological polar surface area (TPSA) is 68.2 Å². The van der Waals surface area contributed by atoms with Gasteiger partial charge in [0.05, 0.1) is 19.8 Å². The number of nitrogens with zero attached hydrogens (tertiary/aromatic N) is 1. The third kappa shape index (κ3) is 4.48. The lowest BCUT2D eigenvalue weighted by Crippen LogP contribution is -2.41. The van der Waals surface area contributed by atoms with E-state index in [1.807, 2.05) is 11.3 Å². The molecular weight excluding hydrogens is 378 g/mol. The predicted octanol–water partition coefficient (Wildman–Crippen LogP) is 3.29. The SMILES string of the molecule is CCC1c2ccsc2CCN1CC(O)COc1ccc(C(=O)OC)cc1OC. The Morgan fingerprint density at radius 3 is 2.86 bits per heavy atom. The van der Waals surface area contributed by atoms with Crippen molar-refractivity contribution >= 4 is 17.3 Å². The Hall–Kier alpha value is -2.09. The van der Waals surface area contributed by atoms with Crippen molar-refractivity contribution in [3.05, 3.63) is 45.6 Å². The molecule has 1 N–H and O–H groups in total. The van der Waals surface area contributed by atoms with Crippen LogP contribution in [0.4, 0.5) is 0 Å². The average molecular weight is 406 g/mol. The summed E-state index contributed by atoms with van der Waals surface area (Å²) in [5.74, 6) is 0.482. The first-order valence-electron chi connectivity index (χ1n) is 9.44. The second kappa shape index (κ2) is 9.41. The number of aliphatic hydroxyl groups excluding tert-OH is 1. The number of fused-ring (bicyclic) bond motifs is 1. The third-order valence-electron chi connectivity index (χ3n) is 5.05. The van der Waals surface area contributed by atoms with Crippen LogP contribution in [0.5, 0.6) is 11.5 Å². The van der Waals surface area contributed by atoms with Gasteiger partial charge in [0.15, 0.2) is 11.5 Å². The van der Waals surface area contributed by atoms with Crippen LogP contribution in [0.25, 0.3) is 0 Å². The van der Waals surface area contributed by atoms with Gasteiger partial charge in [0.1, 0.15) is 12.7 Å². The maximum atomic E-state index is 11.6. The summed E-state index contributed by atoms with van der Waals surface area (Å²) in [4.78, 5) is 15.4. The van der Waals surface area contributed by atoms with Crippen LogP contribution in [0.2, 0.25) is 0 Å². The largest absolute Gasteiger partial charge is 0.493 e. The fourth-order valence-electron chi connectivity index (χ4n) is 3.69. The number of aliphatic hydroxyl groups is 1. The van der Waals surface area contributed by atoms with E-state index in [4.69, 9.17) is 14.2 Å². The standard InChI is InChI=1S/C21H27NO5S/c1-4-17-16-8-10-28-20(16)7-9-22(17)12-15(23)13-27-18-6-5-14(21(24)26-3)11-19(18)25-2/h5-6,8,10-11,15,17,23H,4,7,9,12-13H2,1-3H3. The number of thiophene rings is 1. The molecule has 0 spiro atoms. The van der Waals surface area contributed by atoms with Gasteiger partial charge in [0.2, 0.25) is 0 Å². The van der Waals surface area contributed by atoms with E-state index in [1.165, 1.54) is 24.7 Å². The zero-order valence-corrected chi connectivity index (χ0v) is 17.3. The fourth-order valence-corrected chi connectivity index (χ4v) is 4.61. The Labute approximate surface area is 169 Å². The normalized spacial score (nSPS) is 17.6. The minimum atomic E-state index is -0.626. The van der Waals surface area contributed by atoms with E-state index in [2.05, 4.69) is 23.3 Å². The smallest absolute Gasteiger partial charge is 0.337 e. The van der Waals surface area contributed by atoms with Crippen LogP contribution in [0, 0.1) is 0 Å². The number of carbonyl (C=O) groups is 1. The minimum Gasteiger partial charge on any atom is -0.493 e. The second-order valence-corrected chi connectivity index (χ2v) is 7.79. The van der Waals surface area contributed by atoms with Crippen molar-refractivity contribution in [2.24, 2.45) is 0 Å². The van der Waals surface area contributed by atoms with E-state index in [-0.39, 0.29) is 6.61 Å². The first-order valence-corrected chi connectivity index (χ1v) is 10.3. The monoisotopic (exact) mass is 405 g/mol. The predicted molar refractivity (Wildman–Crippen MR) is 108 cm³/mol. The number of ether oxygens (including phenoxy) is 3. The van der Waals surface area contributed by atoms with Gasteiger partial charge in [0, 0.05) is 24.0 Å². The molecule has 0 radical (unpaired) electrons. The molecule has 1 aromatic carbocycles. The number of carbonyl (C=O) groups excluding carboxylic acids is 1. The first-order chi connectivity index (χ1) is 13.6. The van der Waals surface area contributed by atoms with E-state index in [0.29, 0.717) is 29.6 Å². The number of β-amino-alcohol motifs (C(OH)–C–C–N with tert-alkyl or cyclic N) is 1. The molecule has 0 bridgehead atoms. The molecule has 0 saturated heterocycles. The number of benzene rings is 1. The lowest BCUT2D eigenvalue weighted by Gasteiger charge is -2.36. The summed E-state index contributed by atoms with van der Waals surface area (Å²) >= 11 is 1.82. The van der Waals surface area contributed by atoms with Crippen molar-refractivity contribution in [1.29, 1.82) is 0 Å². The molecule has 152 valence electrons. The van der Waals surface area contributed by atoms with E-state index in [9.17, 15) is 9.90 Å². The Morgan fingerprint density at radius 1 is 1.32 bits per heavy atom. The van der Waals surface area contributed by atoms with E-state index in [0.717, 1.165) is 19.4 Å². The summed E-state index contributed by atoms with van der Waals surface area (Å²) in [6, 6.07) is 7.40. The molecule has 2 unspecified atom stereocenters. The van der Waals surface area contributed by atoms with Crippen LogP contribution in [-0.4, -0.2) is 56.0 Å². The summed E-state index contributed by atoms with van der Waals surface area (Å²) in [6.45, 7) is 3.83. The fraction of sp³-hybridized carbons (Fsp3) is 0.476. The Bertz CT molecular complexity index is 806. The van der Waals surface area contributed by atoms with Crippen molar-refractivity contribution in [3.8, 4) is 11.5 Å². The molecule has 7 heteroatoms. The van der Waals surface area contributed by atoms with Crippen LogP contribution < -0.4 is 9.47 Å². The molecule has 1 aliphatic heterocycles. The third-order valence-corrected chi connectivity index (χ3v) is 6.05. The van der Waals surface area contributed by atoms with Gasteiger partial charge >= 0.3 is 5.97 Å². The average Bonchev–Trinajstić information content (AvgIpc) is 3.20. The molecule has 0 saturated carbocycles. The highest BCUT2D eigenvalue weighted by molar-refractivity contribution is 7.10. The van der Waals surface area contributed by atoms with Gasteiger partial charge in [-0.25, -0.2) is 4.79 Å². The molecule has 2 aromatic rings. The summed E-state index contributed by atoms with van der Waals surface area (Å²) in [6.07, 6.45) is 1.42. The molecule has 0 aliphatic carbocycles. The molecule has 2 atom stereocenters.